The molecule has 1 aliphatic heterocycles. The fourth-order valence-corrected chi connectivity index (χ4v) is 3.64. The Morgan fingerprint density at radius 1 is 0.844 bits per heavy atom. The zero-order valence-electron chi connectivity index (χ0n) is 17.2. The molecule has 4 aromatic rings. The van der Waals surface area contributed by atoms with Crippen LogP contribution in [0.1, 0.15) is 17.0 Å². The predicted molar refractivity (Wildman–Crippen MR) is 119 cm³/mol. The summed E-state index contributed by atoms with van der Waals surface area (Å²) in [7, 11) is 1.49. The maximum absolute atomic E-state index is 12.8. The first-order chi connectivity index (χ1) is 15.6. The van der Waals surface area contributed by atoms with Crippen LogP contribution >= 0.6 is 0 Å². The third-order valence-electron chi connectivity index (χ3n) is 5.31. The molecule has 0 fully saturated rings. The van der Waals surface area contributed by atoms with Gasteiger partial charge in [-0.15, -0.1) is 0 Å². The molecule has 0 N–H and O–H groups in total. The number of nitrogens with zero attached hydrogens (tertiary/aromatic N) is 4. The molecule has 0 bridgehead atoms. The van der Waals surface area contributed by atoms with Crippen molar-refractivity contribution in [1.29, 1.82) is 0 Å². The molecule has 7 nitrogen and oxygen atoms in total. The van der Waals surface area contributed by atoms with E-state index in [0.29, 0.717) is 33.8 Å². The number of fused-ring (bicyclic) bond motifs is 1. The van der Waals surface area contributed by atoms with Crippen molar-refractivity contribution in [2.75, 3.05) is 7.05 Å². The molecule has 0 spiro atoms. The van der Waals surface area contributed by atoms with Gasteiger partial charge < -0.3 is 4.74 Å². The number of likely N-dealkylation sites (N-methyl/N-ethyl adjacent to an activating group) is 1. The van der Waals surface area contributed by atoms with Gasteiger partial charge in [0.15, 0.2) is 5.82 Å². The minimum absolute atomic E-state index is 0.218. The topological polar surface area (TPSA) is 85.3 Å². The number of hydrogen-bond donors (Lipinski definition) is 0. The summed E-state index contributed by atoms with van der Waals surface area (Å²) < 4.78 is 5.83. The van der Waals surface area contributed by atoms with E-state index in [2.05, 4.69) is 15.0 Å². The van der Waals surface area contributed by atoms with Crippen LogP contribution in [0.5, 0.6) is 5.75 Å². The van der Waals surface area contributed by atoms with Gasteiger partial charge in [-0.1, -0.05) is 30.3 Å². The van der Waals surface area contributed by atoms with Crippen molar-refractivity contribution in [3.05, 3.63) is 96.2 Å². The molecule has 0 radical (unpaired) electrons. The van der Waals surface area contributed by atoms with Crippen LogP contribution in [0, 0.1) is 0 Å². The van der Waals surface area contributed by atoms with E-state index in [9.17, 15) is 9.59 Å². The number of aromatic nitrogens is 3. The lowest BCUT2D eigenvalue weighted by Crippen LogP contribution is -2.26. The van der Waals surface area contributed by atoms with E-state index in [-0.39, 0.29) is 18.4 Å². The fraction of sp³-hybridized carbons (Fsp3) is 0.0800. The molecule has 2 aromatic heterocycles. The number of amides is 2. The monoisotopic (exact) mass is 422 g/mol. The third-order valence-corrected chi connectivity index (χ3v) is 5.31. The zero-order chi connectivity index (χ0) is 22.1. The number of para-hydroxylation sites is 1. The molecule has 0 unspecified atom stereocenters. The average molecular weight is 422 g/mol. The fourth-order valence-electron chi connectivity index (χ4n) is 3.64. The predicted octanol–water partition coefficient (Wildman–Crippen LogP) is 3.51. The number of hydrogen-bond acceptors (Lipinski definition) is 6. The number of ether oxygens (including phenoxy) is 1. The summed E-state index contributed by atoms with van der Waals surface area (Å²) in [5.74, 6) is 0.528. The molecule has 156 valence electrons. The van der Waals surface area contributed by atoms with Crippen LogP contribution in [0.15, 0.2) is 79.3 Å². The number of rotatable bonds is 5. The molecule has 0 saturated heterocycles. The number of carbonyl (C=O) groups is 2. The van der Waals surface area contributed by atoms with Crippen molar-refractivity contribution in [1.82, 2.24) is 19.9 Å². The lowest BCUT2D eigenvalue weighted by Gasteiger charge is -2.09. The summed E-state index contributed by atoms with van der Waals surface area (Å²) in [6.45, 7) is 0.218. The molecule has 5 rings (SSSR count). The smallest absolute Gasteiger partial charge is 0.261 e. The van der Waals surface area contributed by atoms with Crippen LogP contribution < -0.4 is 4.74 Å². The Bertz CT molecular complexity index is 1370. The summed E-state index contributed by atoms with van der Waals surface area (Å²) in [6.07, 6.45) is 4.97. The molecule has 7 heteroatoms. The highest BCUT2D eigenvalue weighted by atomic mass is 16.5. The van der Waals surface area contributed by atoms with Gasteiger partial charge in [0.1, 0.15) is 12.4 Å². The molecule has 0 aliphatic carbocycles. The van der Waals surface area contributed by atoms with Crippen molar-refractivity contribution in [2.45, 2.75) is 6.61 Å². The summed E-state index contributed by atoms with van der Waals surface area (Å²) in [6, 6.07) is 18.3. The molecular formula is C25H18N4O3. The number of pyridine rings is 1. The van der Waals surface area contributed by atoms with Crippen LogP contribution in [0.4, 0.5) is 0 Å². The average Bonchev–Trinajstić information content (AvgIpc) is 3.07. The van der Waals surface area contributed by atoms with Crippen LogP contribution in [-0.2, 0) is 16.2 Å². The van der Waals surface area contributed by atoms with Gasteiger partial charge in [0.2, 0.25) is 0 Å². The quantitative estimate of drug-likeness (QED) is 0.458. The second-order valence-corrected chi connectivity index (χ2v) is 7.31. The molecule has 2 aromatic carbocycles. The normalized spacial score (nSPS) is 13.8. The maximum Gasteiger partial charge on any atom is 0.261 e. The van der Waals surface area contributed by atoms with E-state index in [1.807, 2.05) is 24.3 Å². The number of carbonyl (C=O) groups excluding carboxylic acids is 2. The lowest BCUT2D eigenvalue weighted by atomic mass is 9.97. The van der Waals surface area contributed by atoms with Gasteiger partial charge >= 0.3 is 0 Å². The van der Waals surface area contributed by atoms with Crippen LogP contribution in [0.2, 0.25) is 0 Å². The first-order valence-corrected chi connectivity index (χ1v) is 10.0. The maximum atomic E-state index is 12.8. The minimum Gasteiger partial charge on any atom is -0.486 e. The SMILES string of the molecule is CN1C(=O)C(c2ccncc2)=C(c2ccc(OCc3ncc4ccccc4n3)cc2)C1=O. The van der Waals surface area contributed by atoms with Crippen molar-refractivity contribution < 1.29 is 14.3 Å². The highest BCUT2D eigenvalue weighted by molar-refractivity contribution is 6.48. The Balaban J connectivity index is 1.40. The van der Waals surface area contributed by atoms with Gasteiger partial charge in [-0.2, -0.15) is 0 Å². The first-order valence-electron chi connectivity index (χ1n) is 10.0. The van der Waals surface area contributed by atoms with Gasteiger partial charge in [-0.25, -0.2) is 9.97 Å². The van der Waals surface area contributed by atoms with E-state index in [4.69, 9.17) is 4.74 Å². The van der Waals surface area contributed by atoms with Crippen LogP contribution in [0.3, 0.4) is 0 Å². The molecule has 0 saturated carbocycles. The largest absolute Gasteiger partial charge is 0.486 e. The molecule has 32 heavy (non-hydrogen) atoms. The van der Waals surface area contributed by atoms with Gasteiger partial charge in [-0.3, -0.25) is 19.5 Å². The Hall–Kier alpha value is -4.39. The number of benzene rings is 2. The Kier molecular flexibility index (Phi) is 4.91. The Morgan fingerprint density at radius 3 is 2.22 bits per heavy atom. The second-order valence-electron chi connectivity index (χ2n) is 7.31. The molecule has 2 amide bonds. The zero-order valence-corrected chi connectivity index (χ0v) is 17.2. The van der Waals surface area contributed by atoms with Gasteiger partial charge in [0.05, 0.1) is 16.7 Å². The Labute approximate surface area is 184 Å². The summed E-state index contributed by atoms with van der Waals surface area (Å²) >= 11 is 0. The minimum atomic E-state index is -0.333. The van der Waals surface area contributed by atoms with E-state index in [0.717, 1.165) is 15.8 Å². The van der Waals surface area contributed by atoms with Crippen molar-refractivity contribution in [3.8, 4) is 5.75 Å². The van der Waals surface area contributed by atoms with Crippen molar-refractivity contribution in [2.24, 2.45) is 0 Å². The third kappa shape index (κ3) is 3.50. The second kappa shape index (κ2) is 8.03. The lowest BCUT2D eigenvalue weighted by molar-refractivity contribution is -0.134. The van der Waals surface area contributed by atoms with E-state index in [1.54, 1.807) is 55.0 Å². The van der Waals surface area contributed by atoms with Crippen molar-refractivity contribution in [3.63, 3.8) is 0 Å². The molecule has 1 aliphatic rings. The van der Waals surface area contributed by atoms with E-state index >= 15 is 0 Å². The highest BCUT2D eigenvalue weighted by Gasteiger charge is 2.37. The summed E-state index contributed by atoms with van der Waals surface area (Å²) in [5.41, 5.74) is 2.91. The first kappa shape index (κ1) is 19.6. The Morgan fingerprint density at radius 2 is 1.50 bits per heavy atom. The van der Waals surface area contributed by atoms with Gasteiger partial charge in [-0.05, 0) is 41.5 Å². The van der Waals surface area contributed by atoms with Gasteiger partial charge in [0, 0.05) is 31.0 Å². The van der Waals surface area contributed by atoms with Gasteiger partial charge in [0.25, 0.3) is 11.8 Å². The standard InChI is InChI=1S/C25H18N4O3/c1-29-24(30)22(23(25(29)31)17-10-12-26-13-11-17)16-6-8-19(9-7-16)32-15-21-27-14-18-4-2-3-5-20(18)28-21/h2-14H,15H2,1H3. The van der Waals surface area contributed by atoms with E-state index < -0.39 is 0 Å². The van der Waals surface area contributed by atoms with Crippen LogP contribution in [0.25, 0.3) is 22.0 Å². The summed E-state index contributed by atoms with van der Waals surface area (Å²) in [5, 5.41) is 0.972. The molecule has 3 heterocycles. The van der Waals surface area contributed by atoms with Crippen molar-refractivity contribution >= 4 is 33.9 Å². The van der Waals surface area contributed by atoms with Crippen LogP contribution in [-0.4, -0.2) is 38.7 Å². The number of imide groups is 1. The molecule has 0 atom stereocenters. The van der Waals surface area contributed by atoms with E-state index in [1.165, 1.54) is 7.05 Å². The molecular weight excluding hydrogens is 404 g/mol. The highest BCUT2D eigenvalue weighted by Crippen LogP contribution is 2.35. The summed E-state index contributed by atoms with van der Waals surface area (Å²) in [4.78, 5) is 39.5.